The molecule has 7 nitrogen and oxygen atoms in total. The van der Waals surface area contributed by atoms with Crippen molar-refractivity contribution in [2.45, 2.75) is 33.2 Å². The van der Waals surface area contributed by atoms with E-state index in [4.69, 9.17) is 14.5 Å². The number of nitrogens with zero attached hydrogens (tertiary/aromatic N) is 3. The van der Waals surface area contributed by atoms with Gasteiger partial charge in [0.25, 0.3) is 0 Å². The molecule has 0 bridgehead atoms. The molecular weight excluding hydrogens is 399 g/mol. The molecule has 0 radical (unpaired) electrons. The van der Waals surface area contributed by atoms with E-state index in [1.807, 2.05) is 19.9 Å². The van der Waals surface area contributed by atoms with E-state index in [0.29, 0.717) is 24.8 Å². The van der Waals surface area contributed by atoms with Crippen LogP contribution in [0.3, 0.4) is 0 Å². The lowest BCUT2D eigenvalue weighted by molar-refractivity contribution is -0.149. The maximum absolute atomic E-state index is 13.3. The number of benzene rings is 1. The van der Waals surface area contributed by atoms with Gasteiger partial charge in [0.2, 0.25) is 5.88 Å². The molecule has 0 unspecified atom stereocenters. The molecule has 166 valence electrons. The maximum Gasteiger partial charge on any atom is 0.309 e. The minimum Gasteiger partial charge on any atom is -0.466 e. The number of aliphatic imine (C=N–C) groups is 1. The Balaban J connectivity index is 1.57. The lowest BCUT2D eigenvalue weighted by Gasteiger charge is -2.33. The Morgan fingerprint density at radius 2 is 2.06 bits per heavy atom. The number of guanidine groups is 1. The summed E-state index contributed by atoms with van der Waals surface area (Å²) in [4.78, 5) is 23.1. The second-order valence-electron chi connectivity index (χ2n) is 7.25. The van der Waals surface area contributed by atoms with Crippen LogP contribution in [0.15, 0.2) is 47.6 Å². The number of aromatic nitrogens is 1. The van der Waals surface area contributed by atoms with Crippen LogP contribution in [-0.2, 0) is 16.1 Å². The van der Waals surface area contributed by atoms with Gasteiger partial charge in [0.1, 0.15) is 11.6 Å². The number of esters is 1. The van der Waals surface area contributed by atoms with Gasteiger partial charge in [-0.3, -0.25) is 4.79 Å². The molecule has 1 aromatic carbocycles. The zero-order chi connectivity index (χ0) is 22.1. The van der Waals surface area contributed by atoms with E-state index >= 15 is 0 Å². The summed E-state index contributed by atoms with van der Waals surface area (Å²) in [6.07, 6.45) is 3.22. The Hall–Kier alpha value is -3.16. The maximum atomic E-state index is 13.3. The third kappa shape index (κ3) is 6.67. The molecule has 0 aliphatic carbocycles. The number of pyridine rings is 1. The highest BCUT2D eigenvalue weighted by atomic mass is 19.1. The van der Waals surface area contributed by atoms with E-state index in [9.17, 15) is 9.18 Å². The predicted molar refractivity (Wildman–Crippen MR) is 116 cm³/mol. The minimum absolute atomic E-state index is 0.0334. The highest BCUT2D eigenvalue weighted by molar-refractivity contribution is 5.80. The largest absolute Gasteiger partial charge is 0.466 e. The van der Waals surface area contributed by atoms with E-state index in [1.165, 1.54) is 12.1 Å². The van der Waals surface area contributed by atoms with Crippen molar-refractivity contribution in [2.75, 3.05) is 26.2 Å². The van der Waals surface area contributed by atoms with Crippen molar-refractivity contribution >= 4 is 11.9 Å². The molecule has 1 aromatic heterocycles. The van der Waals surface area contributed by atoms with Crippen molar-refractivity contribution in [1.82, 2.24) is 15.2 Å². The van der Waals surface area contributed by atoms with Gasteiger partial charge >= 0.3 is 5.97 Å². The quantitative estimate of drug-likeness (QED) is 0.411. The average molecular weight is 429 g/mol. The first-order valence-corrected chi connectivity index (χ1v) is 10.7. The first kappa shape index (κ1) is 22.5. The van der Waals surface area contributed by atoms with Crippen LogP contribution in [0.2, 0.25) is 0 Å². The van der Waals surface area contributed by atoms with Crippen molar-refractivity contribution in [1.29, 1.82) is 0 Å². The van der Waals surface area contributed by atoms with E-state index in [-0.39, 0.29) is 17.7 Å². The predicted octanol–water partition coefficient (Wildman–Crippen LogP) is 3.75. The van der Waals surface area contributed by atoms with E-state index in [2.05, 4.69) is 15.2 Å². The van der Waals surface area contributed by atoms with E-state index in [1.54, 1.807) is 24.4 Å². The molecule has 0 amide bonds. The van der Waals surface area contributed by atoms with Crippen LogP contribution in [-0.4, -0.2) is 48.1 Å². The zero-order valence-electron chi connectivity index (χ0n) is 18.0. The number of hydrogen-bond donors (Lipinski definition) is 1. The van der Waals surface area contributed by atoms with Gasteiger partial charge in [-0.1, -0.05) is 12.1 Å². The SMILES string of the molecule is CCNC(=NCc1ccc(Oc2cccc(F)c2)nc1)N1CCC(C(=O)OCC)CC1. The number of ether oxygens (including phenoxy) is 2. The first-order valence-electron chi connectivity index (χ1n) is 10.7. The van der Waals surface area contributed by atoms with Crippen LogP contribution in [0.4, 0.5) is 4.39 Å². The lowest BCUT2D eigenvalue weighted by Crippen LogP contribution is -2.46. The molecule has 1 saturated heterocycles. The molecule has 1 aliphatic rings. The number of likely N-dealkylation sites (tertiary alicyclic amines) is 1. The summed E-state index contributed by atoms with van der Waals surface area (Å²) >= 11 is 0. The average Bonchev–Trinajstić information content (AvgIpc) is 2.78. The summed E-state index contributed by atoms with van der Waals surface area (Å²) in [5.41, 5.74) is 0.934. The molecule has 1 fully saturated rings. The summed E-state index contributed by atoms with van der Waals surface area (Å²) in [7, 11) is 0. The van der Waals surface area contributed by atoms with Gasteiger partial charge in [-0.2, -0.15) is 0 Å². The second-order valence-corrected chi connectivity index (χ2v) is 7.25. The van der Waals surface area contributed by atoms with Crippen LogP contribution >= 0.6 is 0 Å². The molecule has 2 heterocycles. The van der Waals surface area contributed by atoms with Gasteiger partial charge in [0.05, 0.1) is 19.1 Å². The van der Waals surface area contributed by atoms with Crippen molar-refractivity contribution in [3.63, 3.8) is 0 Å². The molecule has 0 saturated carbocycles. The number of piperidine rings is 1. The summed E-state index contributed by atoms with van der Waals surface area (Å²) < 4.78 is 24.0. The van der Waals surface area contributed by atoms with Crippen LogP contribution in [0.1, 0.15) is 32.3 Å². The van der Waals surface area contributed by atoms with Crippen LogP contribution in [0.25, 0.3) is 0 Å². The number of nitrogens with one attached hydrogen (secondary N) is 1. The van der Waals surface area contributed by atoms with Crippen LogP contribution < -0.4 is 10.1 Å². The smallest absolute Gasteiger partial charge is 0.309 e. The van der Waals surface area contributed by atoms with E-state index in [0.717, 1.165) is 44.0 Å². The first-order chi connectivity index (χ1) is 15.1. The highest BCUT2D eigenvalue weighted by Crippen LogP contribution is 2.21. The Kier molecular flexibility index (Phi) is 8.20. The normalized spacial score (nSPS) is 14.9. The van der Waals surface area contributed by atoms with Gasteiger partial charge < -0.3 is 19.7 Å². The van der Waals surface area contributed by atoms with Gasteiger partial charge in [-0.05, 0) is 44.4 Å². The number of halogens is 1. The molecule has 0 spiro atoms. The van der Waals surface area contributed by atoms with Gasteiger partial charge in [-0.25, -0.2) is 14.4 Å². The topological polar surface area (TPSA) is 76.1 Å². The third-order valence-corrected chi connectivity index (χ3v) is 4.98. The Bertz CT molecular complexity index is 881. The standard InChI is InChI=1S/C23H29FN4O3/c1-3-25-23(28-12-10-18(11-13-28)22(29)30-4-2)27-16-17-8-9-21(26-15-17)31-20-7-5-6-19(24)14-20/h5-9,14-15,18H,3-4,10-13,16H2,1-2H3,(H,25,27). The Labute approximate surface area is 182 Å². The van der Waals surface area contributed by atoms with Gasteiger partial charge in [-0.15, -0.1) is 0 Å². The fourth-order valence-electron chi connectivity index (χ4n) is 3.40. The van der Waals surface area contributed by atoms with Crippen LogP contribution in [0.5, 0.6) is 11.6 Å². The molecule has 31 heavy (non-hydrogen) atoms. The number of hydrogen-bond acceptors (Lipinski definition) is 5. The third-order valence-electron chi connectivity index (χ3n) is 4.98. The molecule has 2 aromatic rings. The van der Waals surface area contributed by atoms with E-state index < -0.39 is 0 Å². The molecule has 3 rings (SSSR count). The van der Waals surface area contributed by atoms with Crippen LogP contribution in [0, 0.1) is 11.7 Å². The fraction of sp³-hybridized carbons (Fsp3) is 0.435. The monoisotopic (exact) mass is 428 g/mol. The molecular formula is C23H29FN4O3. The Morgan fingerprint density at radius 3 is 2.71 bits per heavy atom. The second kappa shape index (κ2) is 11.3. The summed E-state index contributed by atoms with van der Waals surface area (Å²) in [5.74, 6) is 1.13. The molecule has 8 heteroatoms. The van der Waals surface area contributed by atoms with Crippen molar-refractivity contribution in [2.24, 2.45) is 10.9 Å². The zero-order valence-corrected chi connectivity index (χ0v) is 18.0. The molecule has 0 atom stereocenters. The van der Waals surface area contributed by atoms with Gasteiger partial charge in [0.15, 0.2) is 5.96 Å². The Morgan fingerprint density at radius 1 is 1.26 bits per heavy atom. The summed E-state index contributed by atoms with van der Waals surface area (Å²) in [5, 5.41) is 3.32. The summed E-state index contributed by atoms with van der Waals surface area (Å²) in [6, 6.07) is 9.58. The number of carbonyl (C=O) groups is 1. The number of rotatable bonds is 7. The van der Waals surface area contributed by atoms with Crippen molar-refractivity contribution in [3.8, 4) is 11.6 Å². The van der Waals surface area contributed by atoms with Gasteiger partial charge in [0, 0.05) is 38.0 Å². The fourth-order valence-corrected chi connectivity index (χ4v) is 3.40. The van der Waals surface area contributed by atoms with Crippen molar-refractivity contribution in [3.05, 3.63) is 54.0 Å². The minimum atomic E-state index is -0.356. The lowest BCUT2D eigenvalue weighted by atomic mass is 9.97. The highest BCUT2D eigenvalue weighted by Gasteiger charge is 2.27. The summed E-state index contributed by atoms with van der Waals surface area (Å²) in [6.45, 7) is 7.02. The molecule has 1 aliphatic heterocycles. The molecule has 1 N–H and O–H groups in total. The number of carbonyl (C=O) groups excluding carboxylic acids is 1. The van der Waals surface area contributed by atoms with Crippen molar-refractivity contribution < 1.29 is 18.7 Å².